The van der Waals surface area contributed by atoms with Gasteiger partial charge in [0, 0.05) is 37.0 Å². The van der Waals surface area contributed by atoms with E-state index in [1.54, 1.807) is 12.4 Å². The number of nitrogens with one attached hydrogen (secondary N) is 1. The predicted molar refractivity (Wildman–Crippen MR) is 89.8 cm³/mol. The van der Waals surface area contributed by atoms with Crippen LogP contribution in [0.5, 0.6) is 0 Å². The van der Waals surface area contributed by atoms with Gasteiger partial charge in [0.15, 0.2) is 0 Å². The average Bonchev–Trinajstić information content (AvgIpc) is 3.06. The number of carbonyl (C=O) groups is 1. The number of likely N-dealkylation sites (tertiary alicyclic amines) is 1. The lowest BCUT2D eigenvalue weighted by atomic mass is 9.97. The van der Waals surface area contributed by atoms with Crippen LogP contribution >= 0.6 is 0 Å². The molecule has 0 radical (unpaired) electrons. The van der Waals surface area contributed by atoms with Gasteiger partial charge in [0.25, 0.3) is 5.91 Å². The third kappa shape index (κ3) is 3.72. The quantitative estimate of drug-likeness (QED) is 0.924. The van der Waals surface area contributed by atoms with Gasteiger partial charge in [-0.2, -0.15) is 5.10 Å². The molecular weight excluding hydrogens is 306 g/mol. The second-order valence-electron chi connectivity index (χ2n) is 6.72. The molecule has 0 unspecified atom stereocenters. The van der Waals surface area contributed by atoms with Crippen LogP contribution in [0.25, 0.3) is 0 Å². The van der Waals surface area contributed by atoms with Crippen LogP contribution in [0.4, 0.5) is 0 Å². The summed E-state index contributed by atoms with van der Waals surface area (Å²) in [7, 11) is 0. The van der Waals surface area contributed by atoms with E-state index < -0.39 is 0 Å². The Bertz CT molecular complexity index is 751. The van der Waals surface area contributed by atoms with Crippen molar-refractivity contribution in [1.29, 1.82) is 0 Å². The van der Waals surface area contributed by atoms with E-state index in [2.05, 4.69) is 15.1 Å². The van der Waals surface area contributed by atoms with Crippen molar-refractivity contribution in [3.05, 3.63) is 46.4 Å². The molecule has 0 spiro atoms. The van der Waals surface area contributed by atoms with Crippen LogP contribution in [-0.4, -0.2) is 43.6 Å². The number of rotatable bonds is 4. The average molecular weight is 329 g/mol. The summed E-state index contributed by atoms with van der Waals surface area (Å²) in [4.78, 5) is 33.3. The largest absolute Gasteiger partial charge is 0.338 e. The Labute approximate surface area is 140 Å². The fourth-order valence-corrected chi connectivity index (χ4v) is 3.17. The third-order valence-corrected chi connectivity index (χ3v) is 4.45. The summed E-state index contributed by atoms with van der Waals surface area (Å²) in [5.74, 6) is 0.467. The van der Waals surface area contributed by atoms with Gasteiger partial charge in [-0.15, -0.1) is 0 Å². The van der Waals surface area contributed by atoms with Crippen LogP contribution in [0.15, 0.2) is 29.6 Å². The van der Waals surface area contributed by atoms with Gasteiger partial charge in [-0.1, -0.05) is 13.8 Å². The van der Waals surface area contributed by atoms with Gasteiger partial charge >= 0.3 is 0 Å². The topological polar surface area (TPSA) is 83.9 Å². The van der Waals surface area contributed by atoms with Gasteiger partial charge in [-0.05, 0) is 30.7 Å². The minimum atomic E-state index is -0.222. The van der Waals surface area contributed by atoms with Crippen LogP contribution in [0.1, 0.15) is 48.7 Å². The first-order valence-electron chi connectivity index (χ1n) is 8.39. The molecule has 3 heterocycles. The summed E-state index contributed by atoms with van der Waals surface area (Å²) in [6, 6.07) is 3.20. The first-order valence-corrected chi connectivity index (χ1v) is 8.39. The van der Waals surface area contributed by atoms with Gasteiger partial charge in [0.05, 0.1) is 0 Å². The smallest absolute Gasteiger partial charge is 0.254 e. The minimum Gasteiger partial charge on any atom is -0.338 e. The Morgan fingerprint density at radius 2 is 2.25 bits per heavy atom. The van der Waals surface area contributed by atoms with E-state index >= 15 is 0 Å². The molecule has 1 aliphatic rings. The molecule has 0 bridgehead atoms. The highest BCUT2D eigenvalue weighted by Gasteiger charge is 2.25. The molecule has 1 atom stereocenters. The van der Waals surface area contributed by atoms with Gasteiger partial charge in [0.2, 0.25) is 5.56 Å². The molecule has 24 heavy (non-hydrogen) atoms. The molecule has 7 heteroatoms. The Balaban J connectivity index is 1.73. The Kier molecular flexibility index (Phi) is 4.78. The molecule has 1 fully saturated rings. The zero-order valence-electron chi connectivity index (χ0n) is 14.1. The molecule has 1 saturated heterocycles. The number of hydrogen-bond donors (Lipinski definition) is 1. The second kappa shape index (κ2) is 6.98. The molecule has 0 aliphatic carbocycles. The maximum absolute atomic E-state index is 12.8. The van der Waals surface area contributed by atoms with E-state index in [4.69, 9.17) is 0 Å². The van der Waals surface area contributed by atoms with Crippen molar-refractivity contribution < 1.29 is 4.79 Å². The molecule has 1 amide bonds. The normalized spacial score (nSPS) is 18.1. The highest BCUT2D eigenvalue weighted by Crippen LogP contribution is 2.20. The van der Waals surface area contributed by atoms with Gasteiger partial charge in [-0.25, -0.2) is 4.98 Å². The summed E-state index contributed by atoms with van der Waals surface area (Å²) < 4.78 is 1.81. The standard InChI is InChI=1S/C17H23N5O2/c1-12(2)15-6-14(7-16(23)20-15)17(24)21-5-3-4-13(8-21)9-22-11-18-10-19-22/h6-7,10-13H,3-5,8-9H2,1-2H3,(H,20,23)/t13-/m0/s1. The van der Waals surface area contributed by atoms with E-state index in [0.29, 0.717) is 18.0 Å². The SMILES string of the molecule is CC(C)c1cc(C(=O)N2CCC[C@H](Cn3cncn3)C2)cc(=O)[nH]1. The molecule has 0 saturated carbocycles. The van der Waals surface area contributed by atoms with Crippen molar-refractivity contribution in [2.75, 3.05) is 13.1 Å². The van der Waals surface area contributed by atoms with E-state index in [1.165, 1.54) is 12.4 Å². The van der Waals surface area contributed by atoms with Crippen molar-refractivity contribution in [3.8, 4) is 0 Å². The number of nitrogens with zero attached hydrogens (tertiary/aromatic N) is 4. The van der Waals surface area contributed by atoms with Crippen LogP contribution in [0.2, 0.25) is 0 Å². The number of hydrogen-bond acceptors (Lipinski definition) is 4. The molecule has 2 aromatic rings. The number of aromatic amines is 1. The highest BCUT2D eigenvalue weighted by molar-refractivity contribution is 5.94. The lowest BCUT2D eigenvalue weighted by Crippen LogP contribution is -2.41. The zero-order chi connectivity index (χ0) is 17.1. The first kappa shape index (κ1) is 16.4. The monoisotopic (exact) mass is 329 g/mol. The predicted octanol–water partition coefficient (Wildman–Crippen LogP) is 1.64. The zero-order valence-corrected chi connectivity index (χ0v) is 14.1. The number of aromatic nitrogens is 4. The fourth-order valence-electron chi connectivity index (χ4n) is 3.17. The maximum Gasteiger partial charge on any atom is 0.254 e. The molecule has 2 aromatic heterocycles. The Morgan fingerprint density at radius 1 is 1.42 bits per heavy atom. The van der Waals surface area contributed by atoms with E-state index in [0.717, 1.165) is 31.6 Å². The minimum absolute atomic E-state index is 0.0636. The number of carbonyl (C=O) groups excluding carboxylic acids is 1. The number of piperidine rings is 1. The highest BCUT2D eigenvalue weighted by atomic mass is 16.2. The van der Waals surface area contributed by atoms with Crippen LogP contribution in [-0.2, 0) is 6.54 Å². The molecule has 7 nitrogen and oxygen atoms in total. The van der Waals surface area contributed by atoms with E-state index in [-0.39, 0.29) is 17.4 Å². The van der Waals surface area contributed by atoms with E-state index in [9.17, 15) is 9.59 Å². The number of H-pyrrole nitrogens is 1. The van der Waals surface area contributed by atoms with Crippen molar-refractivity contribution in [2.24, 2.45) is 5.92 Å². The van der Waals surface area contributed by atoms with Crippen LogP contribution in [0, 0.1) is 5.92 Å². The van der Waals surface area contributed by atoms with Crippen LogP contribution in [0.3, 0.4) is 0 Å². The third-order valence-electron chi connectivity index (χ3n) is 4.45. The van der Waals surface area contributed by atoms with E-state index in [1.807, 2.05) is 23.4 Å². The summed E-state index contributed by atoms with van der Waals surface area (Å²) in [5, 5.41) is 4.14. The molecule has 0 aromatic carbocycles. The Hall–Kier alpha value is -2.44. The summed E-state index contributed by atoms with van der Waals surface area (Å²) in [5.41, 5.74) is 1.05. The molecule has 1 aliphatic heterocycles. The second-order valence-corrected chi connectivity index (χ2v) is 6.72. The van der Waals surface area contributed by atoms with Crippen molar-refractivity contribution in [1.82, 2.24) is 24.6 Å². The first-order chi connectivity index (χ1) is 11.5. The van der Waals surface area contributed by atoms with Crippen molar-refractivity contribution in [2.45, 2.75) is 39.2 Å². The molecule has 128 valence electrons. The van der Waals surface area contributed by atoms with Crippen molar-refractivity contribution >= 4 is 5.91 Å². The lowest BCUT2D eigenvalue weighted by Gasteiger charge is -2.32. The Morgan fingerprint density at radius 3 is 2.96 bits per heavy atom. The number of pyridine rings is 1. The van der Waals surface area contributed by atoms with Crippen molar-refractivity contribution in [3.63, 3.8) is 0 Å². The lowest BCUT2D eigenvalue weighted by molar-refractivity contribution is 0.0659. The van der Waals surface area contributed by atoms with Gasteiger partial charge in [0.1, 0.15) is 12.7 Å². The molecular formula is C17H23N5O2. The summed E-state index contributed by atoms with van der Waals surface area (Å²) >= 11 is 0. The maximum atomic E-state index is 12.8. The molecule has 1 N–H and O–H groups in total. The summed E-state index contributed by atoms with van der Waals surface area (Å²) in [6.07, 6.45) is 5.25. The molecule has 3 rings (SSSR count). The number of amides is 1. The van der Waals surface area contributed by atoms with Crippen LogP contribution < -0.4 is 5.56 Å². The fraction of sp³-hybridized carbons (Fsp3) is 0.529. The van der Waals surface area contributed by atoms with Gasteiger partial charge in [-0.3, -0.25) is 14.3 Å². The van der Waals surface area contributed by atoms with Gasteiger partial charge < -0.3 is 9.88 Å². The summed E-state index contributed by atoms with van der Waals surface area (Å²) in [6.45, 7) is 6.17.